The summed E-state index contributed by atoms with van der Waals surface area (Å²) in [6.07, 6.45) is -1.07. The number of hydrogen-bond acceptors (Lipinski definition) is 0. The molecule has 1 atom stereocenters. The largest absolute Gasteiger partial charge is 1.00 e. The minimum atomic E-state index is -4.49. The van der Waals surface area contributed by atoms with Gasteiger partial charge in [0, 0.05) is 0 Å². The van der Waals surface area contributed by atoms with E-state index in [4.69, 9.17) is 0 Å². The molecule has 6 rings (SSSR count). The fourth-order valence-corrected chi connectivity index (χ4v) is 6.92. The first-order valence-electron chi connectivity index (χ1n) is 18.6. The summed E-state index contributed by atoms with van der Waals surface area (Å²) in [7, 11) is 0. The third-order valence-electron chi connectivity index (χ3n) is 9.77. The van der Waals surface area contributed by atoms with Crippen molar-refractivity contribution in [3.8, 4) is 0 Å². The van der Waals surface area contributed by atoms with Crippen LogP contribution in [0.15, 0.2) is 109 Å². The van der Waals surface area contributed by atoms with E-state index in [1.807, 2.05) is 0 Å². The minimum absolute atomic E-state index is 0. The number of hydrogen-bond donors (Lipinski definition) is 0. The topological polar surface area (TPSA) is 0 Å². The smallest absolute Gasteiger partial charge is 1.00 e. The van der Waals surface area contributed by atoms with Gasteiger partial charge in [0.2, 0.25) is 0 Å². The summed E-state index contributed by atoms with van der Waals surface area (Å²) in [5, 5.41) is 5.48. The zero-order valence-electron chi connectivity index (χ0n) is 34.5. The van der Waals surface area contributed by atoms with Gasteiger partial charge in [-0.3, -0.25) is 6.08 Å². The molecule has 0 bridgehead atoms. The Morgan fingerprint density at radius 3 is 1.28 bits per heavy atom. The van der Waals surface area contributed by atoms with Crippen LogP contribution in [-0.2, 0) is 47.4 Å². The summed E-state index contributed by atoms with van der Waals surface area (Å²) in [6.45, 7) is 24.9. The van der Waals surface area contributed by atoms with E-state index < -0.39 is 23.5 Å². The minimum Gasteiger partial charge on any atom is -1.00 e. The third-order valence-corrected chi connectivity index (χ3v) is 11.2. The molecule has 1 aliphatic rings. The number of fused-ring (bicyclic) bond motifs is 3. The fraction of sp³-hybridized carbons (Fsp3) is 0.375. The van der Waals surface area contributed by atoms with Crippen molar-refractivity contribution in [3.63, 3.8) is 0 Å². The zero-order chi connectivity index (χ0) is 41.3. The van der Waals surface area contributed by atoms with Crippen molar-refractivity contribution in [3.05, 3.63) is 148 Å². The molecule has 0 aromatic heterocycles. The molecule has 0 radical (unpaired) electrons. The van der Waals surface area contributed by atoms with Crippen molar-refractivity contribution < 1.29 is 75.4 Å². The van der Waals surface area contributed by atoms with E-state index >= 15 is 0 Å². The van der Waals surface area contributed by atoms with E-state index in [1.165, 1.54) is 62.5 Å². The second kappa shape index (κ2) is 19.0. The normalized spacial score (nSPS) is 14.6. The molecule has 0 heterocycles. The molecule has 5 aromatic rings. The number of halogens is 8. The average Bonchev–Trinajstić information content (AvgIpc) is 3.73. The Hall–Kier alpha value is -2.86. The van der Waals surface area contributed by atoms with Crippen LogP contribution in [0.5, 0.6) is 0 Å². The van der Waals surface area contributed by atoms with Crippen molar-refractivity contribution in [2.24, 2.45) is 17.3 Å². The molecule has 1 unspecified atom stereocenters. The molecule has 0 fully saturated rings. The van der Waals surface area contributed by atoms with Gasteiger partial charge in [0.1, 0.15) is 0 Å². The average molecular weight is 905 g/mol. The predicted molar refractivity (Wildman–Crippen MR) is 214 cm³/mol. The van der Waals surface area contributed by atoms with Gasteiger partial charge in [0.15, 0.2) is 0 Å². The van der Waals surface area contributed by atoms with Crippen LogP contribution in [0.4, 0.5) is 26.3 Å². The molecule has 1 aliphatic carbocycles. The van der Waals surface area contributed by atoms with Gasteiger partial charge in [-0.05, 0) is 10.8 Å². The van der Waals surface area contributed by atoms with Crippen LogP contribution >= 0.6 is 0 Å². The van der Waals surface area contributed by atoms with Gasteiger partial charge < -0.3 is 24.8 Å². The number of benzene rings is 4. The summed E-state index contributed by atoms with van der Waals surface area (Å²) in [6, 6.07) is 25.3. The maximum atomic E-state index is 12.7. The van der Waals surface area contributed by atoms with E-state index in [-0.39, 0.29) is 52.2 Å². The van der Waals surface area contributed by atoms with Crippen LogP contribution in [0.2, 0.25) is 0 Å². The van der Waals surface area contributed by atoms with Crippen molar-refractivity contribution in [1.82, 2.24) is 0 Å². The van der Waals surface area contributed by atoms with Gasteiger partial charge in [-0.15, -0.1) is 39.7 Å². The van der Waals surface area contributed by atoms with Crippen molar-refractivity contribution in [1.29, 1.82) is 0 Å². The Kier molecular flexibility index (Phi) is 16.8. The standard InChI is InChI=1S/C21H25.C15H8F6.C12H19.2ClH.Zr/c1-20(2,3)16-7-9-18-14(12-16)11-15-13-17(21(4,5)6)8-10-19(15)18;16-14(17,18)12-5-1-3-10(8-12)7-11-4-2-6-13(9-11)15(19,20)21;1-9(2)10-6-7-11(8-10)12(3,4)5;;;/h7-13H,1-6H3;1-6,8-9H;7-10H,1-5H3;2*1H;/q-1;;-1;;;+2/p-2. The van der Waals surface area contributed by atoms with Crippen molar-refractivity contribution in [2.75, 3.05) is 0 Å². The number of rotatable bonds is 3. The second-order valence-corrected chi connectivity index (χ2v) is 19.0. The Morgan fingerprint density at radius 2 is 0.982 bits per heavy atom. The molecule has 0 N–H and O–H groups in total. The fourth-order valence-electron chi connectivity index (χ4n) is 6.15. The molecular formula is C48H52Cl2F6Zr-2. The van der Waals surface area contributed by atoms with Crippen LogP contribution in [-0.4, -0.2) is 3.21 Å². The van der Waals surface area contributed by atoms with Crippen LogP contribution in [0.1, 0.15) is 110 Å². The predicted octanol–water partition coefficient (Wildman–Crippen LogP) is 8.76. The third kappa shape index (κ3) is 13.3. The van der Waals surface area contributed by atoms with Gasteiger partial charge in [-0.1, -0.05) is 129 Å². The van der Waals surface area contributed by atoms with Crippen LogP contribution in [0.3, 0.4) is 0 Å². The van der Waals surface area contributed by atoms with Gasteiger partial charge in [-0.2, -0.15) is 11.6 Å². The van der Waals surface area contributed by atoms with Gasteiger partial charge >= 0.3 is 137 Å². The first-order valence-corrected chi connectivity index (χ1v) is 19.8. The Morgan fingerprint density at radius 1 is 0.579 bits per heavy atom. The Balaban J connectivity index is 0.000000302. The summed E-state index contributed by atoms with van der Waals surface area (Å²) in [5.41, 5.74) is 3.83. The van der Waals surface area contributed by atoms with Gasteiger partial charge in [0.05, 0.1) is 0 Å². The van der Waals surface area contributed by atoms with Crippen molar-refractivity contribution >= 4 is 24.8 Å². The molecule has 306 valence electrons. The molecule has 5 aromatic carbocycles. The van der Waals surface area contributed by atoms with Crippen molar-refractivity contribution in [2.45, 2.75) is 99.3 Å². The summed E-state index contributed by atoms with van der Waals surface area (Å²) in [4.78, 5) is 0. The molecule has 0 saturated carbocycles. The van der Waals surface area contributed by atoms with Gasteiger partial charge in [0.25, 0.3) is 0 Å². The first-order chi connectivity index (χ1) is 25.2. The second-order valence-electron chi connectivity index (χ2n) is 17.7. The quantitative estimate of drug-likeness (QED) is 0.126. The van der Waals surface area contributed by atoms with E-state index in [2.05, 4.69) is 137 Å². The van der Waals surface area contributed by atoms with Gasteiger partial charge in [-0.25, -0.2) is 6.08 Å². The van der Waals surface area contributed by atoms with E-state index in [9.17, 15) is 26.3 Å². The zero-order valence-corrected chi connectivity index (χ0v) is 38.5. The molecule has 0 aliphatic heterocycles. The Labute approximate surface area is 362 Å². The van der Waals surface area contributed by atoms with E-state index in [0.717, 1.165) is 48.5 Å². The molecular weight excluding hydrogens is 853 g/mol. The molecule has 9 heteroatoms. The molecule has 0 spiro atoms. The van der Waals surface area contributed by atoms with E-state index in [0.29, 0.717) is 15.0 Å². The Bertz CT molecular complexity index is 2070. The molecule has 57 heavy (non-hydrogen) atoms. The molecule has 0 nitrogen and oxygen atoms in total. The number of alkyl halides is 6. The SMILES string of the molecule is CC(C)(C)c1ccc2c(c1)[cH-]c1cc(C(C)(C)C)ccc12.CC(C)C1[C-]=CC(C(C)(C)C)=C1.FC(F)(F)c1cccc([C](=[Zr+2])c2cccc(C(F)(F)F)c2)c1.[Cl-].[Cl-]. The van der Waals surface area contributed by atoms with Crippen LogP contribution < -0.4 is 24.8 Å². The molecule has 0 saturated heterocycles. The summed E-state index contributed by atoms with van der Waals surface area (Å²) in [5.74, 6) is 1.22. The first kappa shape index (κ1) is 50.3. The monoisotopic (exact) mass is 902 g/mol. The maximum Gasteiger partial charge on any atom is -1.00 e. The van der Waals surface area contributed by atoms with E-state index in [1.54, 1.807) is 0 Å². The maximum absolute atomic E-state index is 12.7. The van der Waals surface area contributed by atoms with Crippen LogP contribution in [0, 0.1) is 23.3 Å². The number of allylic oxidation sites excluding steroid dienone is 4. The van der Waals surface area contributed by atoms with Crippen LogP contribution in [0.25, 0.3) is 21.5 Å². The molecule has 0 amide bonds. The summed E-state index contributed by atoms with van der Waals surface area (Å²) >= 11 is 0.729. The summed E-state index contributed by atoms with van der Waals surface area (Å²) < 4.78 is 76.7.